The van der Waals surface area contributed by atoms with Gasteiger partial charge in [0.1, 0.15) is 5.75 Å². The number of nitrogens with zero attached hydrogens (tertiary/aromatic N) is 2. The maximum absolute atomic E-state index is 12.9. The molecule has 0 saturated carbocycles. The van der Waals surface area contributed by atoms with Crippen LogP contribution in [-0.4, -0.2) is 48.9 Å². The Morgan fingerprint density at radius 1 is 1.19 bits per heavy atom. The van der Waals surface area contributed by atoms with Crippen molar-refractivity contribution in [3.05, 3.63) is 54.0 Å². The van der Waals surface area contributed by atoms with Crippen LogP contribution in [0.15, 0.2) is 47.1 Å². The molecule has 2 aromatic rings. The van der Waals surface area contributed by atoms with Crippen molar-refractivity contribution in [3.8, 4) is 5.75 Å². The van der Waals surface area contributed by atoms with Crippen LogP contribution in [0, 0.1) is 5.92 Å². The largest absolute Gasteiger partial charge is 0.497 e. The highest BCUT2D eigenvalue weighted by molar-refractivity contribution is 5.91. The van der Waals surface area contributed by atoms with Crippen molar-refractivity contribution in [1.29, 1.82) is 0 Å². The molecule has 6 heteroatoms. The van der Waals surface area contributed by atoms with Crippen LogP contribution < -0.4 is 4.74 Å². The minimum atomic E-state index is -0.106. The van der Waals surface area contributed by atoms with E-state index in [0.29, 0.717) is 31.7 Å². The summed E-state index contributed by atoms with van der Waals surface area (Å²) in [7, 11) is 3.48. The molecule has 0 radical (unpaired) electrons. The Morgan fingerprint density at radius 2 is 1.85 bits per heavy atom. The maximum Gasteiger partial charge on any atom is 0.289 e. The lowest BCUT2D eigenvalue weighted by atomic mass is 9.94. The number of rotatable bonds is 5. The quantitative estimate of drug-likeness (QED) is 0.810. The molecule has 1 fully saturated rings. The molecule has 0 aliphatic carbocycles. The highest BCUT2D eigenvalue weighted by Gasteiger charge is 2.31. The Balaban J connectivity index is 1.57. The molecule has 1 saturated heterocycles. The summed E-state index contributed by atoms with van der Waals surface area (Å²) in [5.41, 5.74) is 1.07. The molecule has 1 unspecified atom stereocenters. The molecule has 2 heterocycles. The van der Waals surface area contributed by atoms with Gasteiger partial charge in [0.25, 0.3) is 5.91 Å². The minimum absolute atomic E-state index is 0.0220. The molecule has 1 aliphatic rings. The van der Waals surface area contributed by atoms with Crippen LogP contribution in [0.3, 0.4) is 0 Å². The third kappa shape index (κ3) is 4.15. The fourth-order valence-corrected chi connectivity index (χ4v) is 3.47. The maximum atomic E-state index is 12.9. The van der Waals surface area contributed by atoms with Crippen LogP contribution in [0.25, 0.3) is 0 Å². The average Bonchev–Trinajstić information content (AvgIpc) is 3.26. The van der Waals surface area contributed by atoms with Gasteiger partial charge >= 0.3 is 0 Å². The van der Waals surface area contributed by atoms with E-state index in [0.717, 1.165) is 11.3 Å². The first-order chi connectivity index (χ1) is 13.0. The molecule has 2 amide bonds. The van der Waals surface area contributed by atoms with Gasteiger partial charge in [0.2, 0.25) is 5.91 Å². The molecule has 0 spiro atoms. The molecule has 6 nitrogen and oxygen atoms in total. The van der Waals surface area contributed by atoms with Gasteiger partial charge in [-0.25, -0.2) is 0 Å². The Bertz CT molecular complexity index is 762. The summed E-state index contributed by atoms with van der Waals surface area (Å²) < 4.78 is 10.4. The zero-order chi connectivity index (χ0) is 19.4. The average molecular weight is 370 g/mol. The van der Waals surface area contributed by atoms with Gasteiger partial charge in [0.05, 0.1) is 19.4 Å². The zero-order valence-corrected chi connectivity index (χ0v) is 16.1. The van der Waals surface area contributed by atoms with Crippen LogP contribution >= 0.6 is 0 Å². The molecule has 3 rings (SSSR count). The van der Waals surface area contributed by atoms with Crippen LogP contribution in [0.2, 0.25) is 0 Å². The number of benzene rings is 1. The normalized spacial score (nSPS) is 16.0. The second-order valence-corrected chi connectivity index (χ2v) is 6.94. The van der Waals surface area contributed by atoms with Crippen molar-refractivity contribution in [1.82, 2.24) is 9.80 Å². The number of carbonyl (C=O) groups is 2. The number of hydrogen-bond acceptors (Lipinski definition) is 4. The minimum Gasteiger partial charge on any atom is -0.497 e. The van der Waals surface area contributed by atoms with Gasteiger partial charge in [-0.15, -0.1) is 0 Å². The summed E-state index contributed by atoms with van der Waals surface area (Å²) in [6.07, 6.45) is 2.84. The molecule has 27 heavy (non-hydrogen) atoms. The van der Waals surface area contributed by atoms with Gasteiger partial charge < -0.3 is 19.0 Å². The standard InChI is InChI=1S/C21H26N2O4/c1-15(16-6-8-18(26-3)9-7-16)22(2)20(24)17-10-12-23(13-11-17)21(25)19-5-4-14-27-19/h4-9,14-15,17H,10-13H2,1-3H3. The van der Waals surface area contributed by atoms with Crippen LogP contribution in [0.5, 0.6) is 5.75 Å². The smallest absolute Gasteiger partial charge is 0.289 e. The number of amides is 2. The number of piperidine rings is 1. The highest BCUT2D eigenvalue weighted by Crippen LogP contribution is 2.26. The number of ether oxygens (including phenoxy) is 1. The fourth-order valence-electron chi connectivity index (χ4n) is 3.47. The number of furan rings is 1. The molecule has 144 valence electrons. The van der Waals surface area contributed by atoms with Crippen molar-refractivity contribution in [2.75, 3.05) is 27.2 Å². The Hall–Kier alpha value is -2.76. The molecule has 1 atom stereocenters. The zero-order valence-electron chi connectivity index (χ0n) is 16.1. The number of likely N-dealkylation sites (tertiary alicyclic amines) is 1. The first-order valence-corrected chi connectivity index (χ1v) is 9.24. The summed E-state index contributed by atoms with van der Waals surface area (Å²) in [5.74, 6) is 1.11. The van der Waals surface area contributed by atoms with Gasteiger partial charge in [-0.3, -0.25) is 9.59 Å². The first kappa shape index (κ1) is 19.0. The monoisotopic (exact) mass is 370 g/mol. The van der Waals surface area contributed by atoms with E-state index < -0.39 is 0 Å². The van der Waals surface area contributed by atoms with Crippen LogP contribution in [-0.2, 0) is 4.79 Å². The van der Waals surface area contributed by atoms with Crippen molar-refractivity contribution >= 4 is 11.8 Å². The van der Waals surface area contributed by atoms with Crippen molar-refractivity contribution in [2.45, 2.75) is 25.8 Å². The number of carbonyl (C=O) groups excluding carboxylic acids is 2. The summed E-state index contributed by atoms with van der Waals surface area (Å²) in [6.45, 7) is 3.16. The van der Waals surface area contributed by atoms with E-state index in [1.54, 1.807) is 29.0 Å². The second-order valence-electron chi connectivity index (χ2n) is 6.94. The molecule has 1 aromatic heterocycles. The van der Waals surface area contributed by atoms with E-state index in [9.17, 15) is 9.59 Å². The van der Waals surface area contributed by atoms with Crippen molar-refractivity contribution in [2.24, 2.45) is 5.92 Å². The number of hydrogen-bond donors (Lipinski definition) is 0. The van der Waals surface area contributed by atoms with E-state index in [1.807, 2.05) is 38.2 Å². The van der Waals surface area contributed by atoms with E-state index in [2.05, 4.69) is 0 Å². The second kappa shape index (κ2) is 8.29. The Kier molecular flexibility index (Phi) is 5.84. The summed E-state index contributed by atoms with van der Waals surface area (Å²) in [4.78, 5) is 28.8. The third-order valence-electron chi connectivity index (χ3n) is 5.39. The lowest BCUT2D eigenvalue weighted by Crippen LogP contribution is -2.43. The van der Waals surface area contributed by atoms with E-state index in [1.165, 1.54) is 6.26 Å². The Morgan fingerprint density at radius 3 is 2.41 bits per heavy atom. The van der Waals surface area contributed by atoms with Crippen molar-refractivity contribution in [3.63, 3.8) is 0 Å². The van der Waals surface area contributed by atoms with Gasteiger partial charge in [-0.2, -0.15) is 0 Å². The van der Waals surface area contributed by atoms with E-state index >= 15 is 0 Å². The molecule has 0 N–H and O–H groups in total. The van der Waals surface area contributed by atoms with Gasteiger partial charge in [-0.1, -0.05) is 12.1 Å². The van der Waals surface area contributed by atoms with Crippen LogP contribution in [0.4, 0.5) is 0 Å². The van der Waals surface area contributed by atoms with Gasteiger partial charge in [0.15, 0.2) is 5.76 Å². The number of methoxy groups -OCH3 is 1. The molecular weight excluding hydrogens is 344 g/mol. The topological polar surface area (TPSA) is 63.0 Å². The van der Waals surface area contributed by atoms with Gasteiger partial charge in [0, 0.05) is 26.1 Å². The van der Waals surface area contributed by atoms with Gasteiger partial charge in [-0.05, 0) is 49.6 Å². The predicted molar refractivity (Wildman–Crippen MR) is 102 cm³/mol. The summed E-state index contributed by atoms with van der Waals surface area (Å²) in [6, 6.07) is 11.1. The van der Waals surface area contributed by atoms with Crippen LogP contribution in [0.1, 0.15) is 41.9 Å². The molecule has 1 aromatic carbocycles. The molecule has 1 aliphatic heterocycles. The third-order valence-corrected chi connectivity index (χ3v) is 5.39. The molecular formula is C21H26N2O4. The summed E-state index contributed by atoms with van der Waals surface area (Å²) in [5, 5.41) is 0. The Labute approximate surface area is 159 Å². The first-order valence-electron chi connectivity index (χ1n) is 9.24. The lowest BCUT2D eigenvalue weighted by Gasteiger charge is -2.34. The summed E-state index contributed by atoms with van der Waals surface area (Å²) >= 11 is 0. The van der Waals surface area contributed by atoms with E-state index in [4.69, 9.17) is 9.15 Å². The van der Waals surface area contributed by atoms with E-state index in [-0.39, 0.29) is 23.8 Å². The lowest BCUT2D eigenvalue weighted by molar-refractivity contribution is -0.137. The predicted octanol–water partition coefficient (Wildman–Crippen LogP) is 3.36. The van der Waals surface area contributed by atoms with Crippen molar-refractivity contribution < 1.29 is 18.7 Å². The fraction of sp³-hybridized carbons (Fsp3) is 0.429. The molecule has 0 bridgehead atoms. The SMILES string of the molecule is COc1ccc(C(C)N(C)C(=O)C2CCN(C(=O)c3ccco3)CC2)cc1. The highest BCUT2D eigenvalue weighted by atomic mass is 16.5.